The maximum atomic E-state index is 10.2. The van der Waals surface area contributed by atoms with Gasteiger partial charge in [0.1, 0.15) is 5.75 Å². The number of hydrogen-bond acceptors (Lipinski definition) is 4. The zero-order valence-corrected chi connectivity index (χ0v) is 14.6. The Balaban J connectivity index is 2.17. The van der Waals surface area contributed by atoms with Crippen molar-refractivity contribution in [1.29, 1.82) is 0 Å². The molecule has 0 aliphatic rings. The topological polar surface area (TPSA) is 50.9 Å². The Labute approximate surface area is 147 Å². The number of benzene rings is 2. The monoisotopic (exact) mass is 387 g/mol. The molecule has 6 heteroatoms. The van der Waals surface area contributed by atoms with Crippen molar-refractivity contribution in [3.05, 3.63) is 65.7 Å². The van der Waals surface area contributed by atoms with Crippen molar-refractivity contribution >= 4 is 27.7 Å². The third kappa shape index (κ3) is 3.33. The highest BCUT2D eigenvalue weighted by atomic mass is 79.9. The quantitative estimate of drug-likeness (QED) is 0.509. The normalized spacial score (nSPS) is 10.7. The molecule has 1 heterocycles. The SMILES string of the molecule is C=CCSc1nnc(-c2ccccc2O)n1-c1ccc(Br)cc1. The molecule has 0 saturated heterocycles. The molecule has 116 valence electrons. The molecular formula is C17H14BrN3OS. The summed E-state index contributed by atoms with van der Waals surface area (Å²) in [5.74, 6) is 1.52. The fourth-order valence-electron chi connectivity index (χ4n) is 2.16. The van der Waals surface area contributed by atoms with Crippen LogP contribution in [-0.4, -0.2) is 25.6 Å². The smallest absolute Gasteiger partial charge is 0.196 e. The van der Waals surface area contributed by atoms with Crippen molar-refractivity contribution < 1.29 is 5.11 Å². The Morgan fingerprint density at radius 2 is 1.87 bits per heavy atom. The fraction of sp³-hybridized carbons (Fsp3) is 0.0588. The average Bonchev–Trinajstić information content (AvgIpc) is 2.98. The van der Waals surface area contributed by atoms with Crippen molar-refractivity contribution in [2.45, 2.75) is 5.16 Å². The van der Waals surface area contributed by atoms with Gasteiger partial charge in [-0.15, -0.1) is 16.8 Å². The maximum Gasteiger partial charge on any atom is 0.196 e. The molecule has 0 radical (unpaired) electrons. The lowest BCUT2D eigenvalue weighted by Crippen LogP contribution is -1.99. The van der Waals surface area contributed by atoms with Gasteiger partial charge >= 0.3 is 0 Å². The van der Waals surface area contributed by atoms with E-state index in [1.807, 2.05) is 47.0 Å². The minimum absolute atomic E-state index is 0.179. The summed E-state index contributed by atoms with van der Waals surface area (Å²) in [5, 5.41) is 19.5. The van der Waals surface area contributed by atoms with E-state index in [4.69, 9.17) is 0 Å². The highest BCUT2D eigenvalue weighted by molar-refractivity contribution is 9.10. The minimum Gasteiger partial charge on any atom is -0.507 e. The molecule has 0 bridgehead atoms. The van der Waals surface area contributed by atoms with Crippen LogP contribution in [0.3, 0.4) is 0 Å². The molecule has 0 fully saturated rings. The minimum atomic E-state index is 0.179. The lowest BCUT2D eigenvalue weighted by atomic mass is 10.2. The van der Waals surface area contributed by atoms with Gasteiger partial charge in [-0.1, -0.05) is 45.9 Å². The van der Waals surface area contributed by atoms with Crippen LogP contribution in [0.15, 0.2) is 70.8 Å². The van der Waals surface area contributed by atoms with E-state index in [0.717, 1.165) is 21.1 Å². The van der Waals surface area contributed by atoms with Crippen LogP contribution in [0.4, 0.5) is 0 Å². The Kier molecular flexibility index (Phi) is 4.83. The summed E-state index contributed by atoms with van der Waals surface area (Å²) in [6.07, 6.45) is 1.82. The molecule has 4 nitrogen and oxygen atoms in total. The predicted molar refractivity (Wildman–Crippen MR) is 97.1 cm³/mol. The van der Waals surface area contributed by atoms with Crippen LogP contribution in [0.2, 0.25) is 0 Å². The summed E-state index contributed by atoms with van der Waals surface area (Å²) >= 11 is 4.99. The average molecular weight is 388 g/mol. The number of rotatable bonds is 5. The Morgan fingerprint density at radius 1 is 1.13 bits per heavy atom. The number of para-hydroxylation sites is 1. The summed E-state index contributed by atoms with van der Waals surface area (Å²) < 4.78 is 2.94. The van der Waals surface area contributed by atoms with Gasteiger partial charge in [0.05, 0.1) is 5.56 Å². The van der Waals surface area contributed by atoms with E-state index in [1.54, 1.807) is 23.9 Å². The van der Waals surface area contributed by atoms with Crippen LogP contribution in [0, 0.1) is 0 Å². The second kappa shape index (κ2) is 7.02. The van der Waals surface area contributed by atoms with Gasteiger partial charge in [-0.3, -0.25) is 4.57 Å². The molecule has 0 unspecified atom stereocenters. The largest absolute Gasteiger partial charge is 0.507 e. The molecular weight excluding hydrogens is 374 g/mol. The highest BCUT2D eigenvalue weighted by Crippen LogP contribution is 2.32. The van der Waals surface area contributed by atoms with Crippen LogP contribution < -0.4 is 0 Å². The van der Waals surface area contributed by atoms with E-state index in [9.17, 15) is 5.11 Å². The summed E-state index contributed by atoms with van der Waals surface area (Å²) in [7, 11) is 0. The zero-order chi connectivity index (χ0) is 16.2. The Hall–Kier alpha value is -2.05. The number of aromatic hydroxyl groups is 1. The first-order valence-corrected chi connectivity index (χ1v) is 8.72. The third-order valence-electron chi connectivity index (χ3n) is 3.19. The number of phenols is 1. The van der Waals surface area contributed by atoms with Crippen LogP contribution in [-0.2, 0) is 0 Å². The highest BCUT2D eigenvalue weighted by Gasteiger charge is 2.17. The van der Waals surface area contributed by atoms with Crippen molar-refractivity contribution in [3.63, 3.8) is 0 Å². The van der Waals surface area contributed by atoms with E-state index >= 15 is 0 Å². The number of hydrogen-bond donors (Lipinski definition) is 1. The van der Waals surface area contributed by atoms with Gasteiger partial charge < -0.3 is 5.11 Å². The lowest BCUT2D eigenvalue weighted by Gasteiger charge is -2.11. The van der Waals surface area contributed by atoms with E-state index in [1.165, 1.54) is 0 Å². The standard InChI is InChI=1S/C17H14BrN3OS/c1-2-11-23-17-20-19-16(14-5-3-4-6-15(14)22)21(17)13-9-7-12(18)8-10-13/h2-10,22H,1,11H2. The summed E-state index contributed by atoms with van der Waals surface area (Å²) in [6, 6.07) is 15.0. The first-order valence-electron chi connectivity index (χ1n) is 6.94. The molecule has 3 aromatic rings. The molecule has 3 rings (SSSR count). The van der Waals surface area contributed by atoms with Gasteiger partial charge in [-0.25, -0.2) is 0 Å². The van der Waals surface area contributed by atoms with E-state index in [-0.39, 0.29) is 5.75 Å². The fourth-order valence-corrected chi connectivity index (χ4v) is 3.11. The second-order valence-corrected chi connectivity index (χ2v) is 6.64. The van der Waals surface area contributed by atoms with Gasteiger partial charge in [0.2, 0.25) is 0 Å². The van der Waals surface area contributed by atoms with Crippen molar-refractivity contribution in [1.82, 2.24) is 14.8 Å². The first-order chi connectivity index (χ1) is 11.2. The summed E-state index contributed by atoms with van der Waals surface area (Å²) in [6.45, 7) is 3.74. The predicted octanol–water partition coefficient (Wildman–Crippen LogP) is 4.68. The van der Waals surface area contributed by atoms with Gasteiger partial charge in [0.15, 0.2) is 11.0 Å². The van der Waals surface area contributed by atoms with Gasteiger partial charge in [0.25, 0.3) is 0 Å². The van der Waals surface area contributed by atoms with Gasteiger partial charge in [-0.05, 0) is 36.4 Å². The number of aromatic nitrogens is 3. The lowest BCUT2D eigenvalue weighted by molar-refractivity contribution is 0.476. The number of thioether (sulfide) groups is 1. The molecule has 1 N–H and O–H groups in total. The first kappa shape index (κ1) is 15.8. The maximum absolute atomic E-state index is 10.2. The molecule has 0 atom stereocenters. The molecule has 0 saturated carbocycles. The van der Waals surface area contributed by atoms with E-state index < -0.39 is 0 Å². The number of nitrogens with zero attached hydrogens (tertiary/aromatic N) is 3. The molecule has 23 heavy (non-hydrogen) atoms. The molecule has 2 aromatic carbocycles. The van der Waals surface area contributed by atoms with Crippen molar-refractivity contribution in [2.75, 3.05) is 5.75 Å². The van der Waals surface area contributed by atoms with E-state index in [2.05, 4.69) is 32.7 Å². The van der Waals surface area contributed by atoms with Crippen LogP contribution in [0.5, 0.6) is 5.75 Å². The van der Waals surface area contributed by atoms with Crippen molar-refractivity contribution in [3.8, 4) is 22.8 Å². The summed E-state index contributed by atoms with van der Waals surface area (Å²) in [5.41, 5.74) is 1.58. The molecule has 1 aromatic heterocycles. The third-order valence-corrected chi connectivity index (χ3v) is 4.65. The van der Waals surface area contributed by atoms with Crippen LogP contribution >= 0.6 is 27.7 Å². The van der Waals surface area contributed by atoms with Crippen LogP contribution in [0.25, 0.3) is 17.1 Å². The van der Waals surface area contributed by atoms with Gasteiger partial charge in [-0.2, -0.15) is 0 Å². The van der Waals surface area contributed by atoms with Crippen LogP contribution in [0.1, 0.15) is 0 Å². The summed E-state index contributed by atoms with van der Waals surface area (Å²) in [4.78, 5) is 0. The Morgan fingerprint density at radius 3 is 2.57 bits per heavy atom. The van der Waals surface area contributed by atoms with Gasteiger partial charge in [0, 0.05) is 15.9 Å². The zero-order valence-electron chi connectivity index (χ0n) is 12.2. The number of halogens is 1. The molecule has 0 aliphatic carbocycles. The molecule has 0 amide bonds. The second-order valence-electron chi connectivity index (χ2n) is 4.73. The van der Waals surface area contributed by atoms with E-state index in [0.29, 0.717) is 11.4 Å². The Bertz CT molecular complexity index is 830. The number of phenolic OH excluding ortho intramolecular Hbond substituents is 1. The molecule has 0 spiro atoms. The molecule has 0 aliphatic heterocycles. The van der Waals surface area contributed by atoms with Crippen molar-refractivity contribution in [2.24, 2.45) is 0 Å².